The Hall–Kier alpha value is -0.240. The lowest BCUT2D eigenvalue weighted by molar-refractivity contribution is 0.556. The van der Waals surface area contributed by atoms with Crippen LogP contribution in [-0.4, -0.2) is 26.5 Å². The number of anilines is 1. The molecule has 0 saturated heterocycles. The van der Waals surface area contributed by atoms with Crippen LogP contribution < -0.4 is 10.5 Å². The molecule has 0 bridgehead atoms. The van der Waals surface area contributed by atoms with Crippen molar-refractivity contribution in [3.63, 3.8) is 0 Å². The second-order valence-corrected chi connectivity index (χ2v) is 7.52. The molecule has 7 heteroatoms. The van der Waals surface area contributed by atoms with Crippen molar-refractivity contribution in [1.29, 1.82) is 0 Å². The zero-order valence-corrected chi connectivity index (χ0v) is 13.5. The van der Waals surface area contributed by atoms with Gasteiger partial charge >= 0.3 is 0 Å². The zero-order valence-electron chi connectivity index (χ0n) is 10.3. The number of hydrogen-bond acceptors (Lipinski definition) is 4. The number of benzene rings is 1. The van der Waals surface area contributed by atoms with Crippen LogP contribution in [0.1, 0.15) is 13.3 Å². The number of sulfonamides is 1. The Morgan fingerprint density at radius 1 is 1.50 bits per heavy atom. The highest BCUT2D eigenvalue weighted by Gasteiger charge is 2.19. The summed E-state index contributed by atoms with van der Waals surface area (Å²) in [6, 6.07) is 4.57. The first-order chi connectivity index (χ1) is 8.36. The molecular weight excluding hydrogens is 336 g/mol. The molecule has 1 aromatic carbocycles. The van der Waals surface area contributed by atoms with Crippen LogP contribution in [0, 0.1) is 0 Å². The van der Waals surface area contributed by atoms with E-state index in [1.807, 2.05) is 13.2 Å². The molecule has 1 rings (SSSR count). The average molecular weight is 353 g/mol. The molecule has 0 heterocycles. The molecule has 3 N–H and O–H groups in total. The summed E-state index contributed by atoms with van der Waals surface area (Å²) < 4.78 is 27.4. The summed E-state index contributed by atoms with van der Waals surface area (Å²) in [5.74, 6) is 0.923. The number of rotatable bonds is 6. The van der Waals surface area contributed by atoms with Gasteiger partial charge in [-0.25, -0.2) is 13.1 Å². The largest absolute Gasteiger partial charge is 0.399 e. The molecule has 1 aromatic rings. The molecule has 4 nitrogen and oxygen atoms in total. The van der Waals surface area contributed by atoms with E-state index in [1.54, 1.807) is 23.9 Å². The van der Waals surface area contributed by atoms with Crippen molar-refractivity contribution in [3.05, 3.63) is 22.7 Å². The van der Waals surface area contributed by atoms with Crippen molar-refractivity contribution in [2.24, 2.45) is 0 Å². The first kappa shape index (κ1) is 15.8. The third-order valence-corrected chi connectivity index (χ3v) is 5.57. The summed E-state index contributed by atoms with van der Waals surface area (Å²) >= 11 is 4.92. The van der Waals surface area contributed by atoms with Crippen molar-refractivity contribution < 1.29 is 8.42 Å². The molecule has 0 radical (unpaired) electrons. The molecule has 1 atom stereocenters. The van der Waals surface area contributed by atoms with Gasteiger partial charge in [-0.1, -0.05) is 0 Å². The van der Waals surface area contributed by atoms with Crippen LogP contribution in [0.15, 0.2) is 27.6 Å². The van der Waals surface area contributed by atoms with Gasteiger partial charge in [0.2, 0.25) is 10.0 Å². The Morgan fingerprint density at radius 2 is 2.17 bits per heavy atom. The fraction of sp³-hybridized carbons (Fsp3) is 0.455. The van der Waals surface area contributed by atoms with Gasteiger partial charge in [-0.3, -0.25) is 0 Å². The minimum Gasteiger partial charge on any atom is -0.399 e. The maximum absolute atomic E-state index is 12.1. The van der Waals surface area contributed by atoms with Crippen LogP contribution in [0.3, 0.4) is 0 Å². The van der Waals surface area contributed by atoms with Crippen LogP contribution in [0.2, 0.25) is 0 Å². The van der Waals surface area contributed by atoms with Gasteiger partial charge in [0.15, 0.2) is 0 Å². The van der Waals surface area contributed by atoms with E-state index in [2.05, 4.69) is 20.7 Å². The highest BCUT2D eigenvalue weighted by Crippen LogP contribution is 2.24. The molecule has 18 heavy (non-hydrogen) atoms. The van der Waals surface area contributed by atoms with Crippen LogP contribution in [0.4, 0.5) is 5.69 Å². The molecule has 0 aliphatic rings. The lowest BCUT2D eigenvalue weighted by atomic mass is 10.3. The van der Waals surface area contributed by atoms with Crippen molar-refractivity contribution in [2.45, 2.75) is 24.3 Å². The van der Waals surface area contributed by atoms with Gasteiger partial charge in [0.1, 0.15) is 0 Å². The number of halogens is 1. The monoisotopic (exact) mass is 352 g/mol. The summed E-state index contributed by atoms with van der Waals surface area (Å²) in [5, 5.41) is 0. The van der Waals surface area contributed by atoms with Gasteiger partial charge in [0.25, 0.3) is 0 Å². The van der Waals surface area contributed by atoms with E-state index in [9.17, 15) is 8.42 Å². The first-order valence-corrected chi connectivity index (χ1v) is 9.10. The fourth-order valence-corrected chi connectivity index (χ4v) is 4.38. The van der Waals surface area contributed by atoms with Gasteiger partial charge in [-0.15, -0.1) is 0 Å². The average Bonchev–Trinajstić information content (AvgIpc) is 2.25. The SMILES string of the molecule is CSCCC(C)NS(=O)(=O)c1ccc(N)cc1Br. The molecule has 0 fully saturated rings. The molecule has 0 amide bonds. The van der Waals surface area contributed by atoms with Crippen LogP contribution in [0.25, 0.3) is 0 Å². The topological polar surface area (TPSA) is 72.2 Å². The van der Waals surface area contributed by atoms with Crippen molar-refractivity contribution in [1.82, 2.24) is 4.72 Å². The lowest BCUT2D eigenvalue weighted by Crippen LogP contribution is -2.33. The Bertz CT molecular complexity index is 506. The quantitative estimate of drug-likeness (QED) is 0.771. The molecule has 0 aliphatic carbocycles. The first-order valence-electron chi connectivity index (χ1n) is 5.43. The second-order valence-electron chi connectivity index (χ2n) is 3.99. The summed E-state index contributed by atoms with van der Waals surface area (Å²) in [6.07, 6.45) is 2.80. The maximum atomic E-state index is 12.1. The number of thioether (sulfide) groups is 1. The van der Waals surface area contributed by atoms with E-state index in [0.717, 1.165) is 12.2 Å². The molecule has 0 aromatic heterocycles. The van der Waals surface area contributed by atoms with E-state index in [4.69, 9.17) is 5.73 Å². The normalized spacial score (nSPS) is 13.5. The fourth-order valence-electron chi connectivity index (χ4n) is 1.42. The van der Waals surface area contributed by atoms with Crippen molar-refractivity contribution >= 4 is 43.4 Å². The number of nitrogens with two attached hydrogens (primary N) is 1. The van der Waals surface area contributed by atoms with Gasteiger partial charge in [-0.05, 0) is 59.5 Å². The van der Waals surface area contributed by atoms with Crippen molar-refractivity contribution in [2.75, 3.05) is 17.7 Å². The third-order valence-electron chi connectivity index (χ3n) is 2.36. The Labute approximate surface area is 121 Å². The highest BCUT2D eigenvalue weighted by molar-refractivity contribution is 9.10. The van der Waals surface area contributed by atoms with E-state index >= 15 is 0 Å². The van der Waals surface area contributed by atoms with E-state index < -0.39 is 10.0 Å². The number of nitrogen functional groups attached to an aromatic ring is 1. The van der Waals surface area contributed by atoms with E-state index in [-0.39, 0.29) is 10.9 Å². The standard InChI is InChI=1S/C11H17BrN2O2S2/c1-8(5-6-17-2)14-18(15,16)11-4-3-9(13)7-10(11)12/h3-4,7-8,14H,5-6,13H2,1-2H3. The predicted molar refractivity (Wildman–Crippen MR) is 81.3 cm³/mol. The van der Waals surface area contributed by atoms with Gasteiger partial charge in [0.05, 0.1) is 4.90 Å². The van der Waals surface area contributed by atoms with E-state index in [1.165, 1.54) is 6.07 Å². The zero-order chi connectivity index (χ0) is 13.8. The molecule has 1 unspecified atom stereocenters. The van der Waals surface area contributed by atoms with Gasteiger partial charge in [0, 0.05) is 16.2 Å². The van der Waals surface area contributed by atoms with Crippen LogP contribution >= 0.6 is 27.7 Å². The smallest absolute Gasteiger partial charge is 0.241 e. The summed E-state index contributed by atoms with van der Waals surface area (Å²) in [6.45, 7) is 1.86. The molecule has 0 spiro atoms. The lowest BCUT2D eigenvalue weighted by Gasteiger charge is -2.14. The highest BCUT2D eigenvalue weighted by atomic mass is 79.9. The molecule has 102 valence electrons. The third kappa shape index (κ3) is 4.46. The number of nitrogens with one attached hydrogen (secondary N) is 1. The van der Waals surface area contributed by atoms with E-state index in [0.29, 0.717) is 10.2 Å². The molecular formula is C11H17BrN2O2S2. The van der Waals surface area contributed by atoms with Crippen molar-refractivity contribution in [3.8, 4) is 0 Å². The summed E-state index contributed by atoms with van der Waals surface area (Å²) in [5.41, 5.74) is 6.11. The van der Waals surface area contributed by atoms with Gasteiger partial charge < -0.3 is 5.73 Å². The van der Waals surface area contributed by atoms with Crippen LogP contribution in [-0.2, 0) is 10.0 Å². The Morgan fingerprint density at radius 3 is 2.72 bits per heavy atom. The summed E-state index contributed by atoms with van der Waals surface area (Å²) in [4.78, 5) is 0.215. The van der Waals surface area contributed by atoms with Gasteiger partial charge in [-0.2, -0.15) is 11.8 Å². The molecule has 0 saturated carbocycles. The predicted octanol–water partition coefficient (Wildman–Crippen LogP) is 2.45. The Kier molecular flexibility index (Phi) is 5.97. The minimum atomic E-state index is -3.50. The maximum Gasteiger partial charge on any atom is 0.241 e. The Balaban J connectivity index is 2.86. The van der Waals surface area contributed by atoms with Crippen LogP contribution in [0.5, 0.6) is 0 Å². The second kappa shape index (κ2) is 6.79. The molecule has 0 aliphatic heterocycles. The number of hydrogen-bond donors (Lipinski definition) is 2. The minimum absolute atomic E-state index is 0.0908. The summed E-state index contributed by atoms with van der Waals surface area (Å²) in [7, 11) is -3.50.